The second-order valence-corrected chi connectivity index (χ2v) is 13.6. The molecule has 1 aliphatic carbocycles. The molecule has 0 spiro atoms. The predicted octanol–water partition coefficient (Wildman–Crippen LogP) is 11.6. The van der Waals surface area contributed by atoms with Gasteiger partial charge in [0.25, 0.3) is 0 Å². The van der Waals surface area contributed by atoms with E-state index in [1.807, 2.05) is 6.07 Å². The fraction of sp³-hybridized carbons (Fsp3) is 0.0851. The molecule has 10 rings (SSSR count). The summed E-state index contributed by atoms with van der Waals surface area (Å²) in [6, 6.07) is 53.7. The highest BCUT2D eigenvalue weighted by molar-refractivity contribution is 6.16. The summed E-state index contributed by atoms with van der Waals surface area (Å²) in [6.07, 6.45) is 8.45. The van der Waals surface area contributed by atoms with Crippen molar-refractivity contribution in [3.8, 4) is 0 Å². The highest BCUT2D eigenvalue weighted by Crippen LogP contribution is 2.43. The molecule has 1 aromatic heterocycles. The molecule has 0 fully saturated rings. The number of allylic oxidation sites excluding steroid dienone is 3. The van der Waals surface area contributed by atoms with Crippen molar-refractivity contribution in [2.75, 3.05) is 4.90 Å². The van der Waals surface area contributed by atoms with Crippen LogP contribution in [-0.4, -0.2) is 5.84 Å². The highest BCUT2D eigenvalue weighted by Gasteiger charge is 2.28. The first-order chi connectivity index (χ1) is 25.7. The fourth-order valence-electron chi connectivity index (χ4n) is 7.69. The van der Waals surface area contributed by atoms with Crippen molar-refractivity contribution in [3.63, 3.8) is 0 Å². The van der Waals surface area contributed by atoms with Crippen LogP contribution in [0.4, 0.5) is 11.4 Å². The van der Waals surface area contributed by atoms with Crippen LogP contribution in [0.2, 0.25) is 0 Å². The maximum absolute atomic E-state index is 6.93. The van der Waals surface area contributed by atoms with Crippen LogP contribution in [0, 0.1) is 0 Å². The highest BCUT2D eigenvalue weighted by atomic mass is 16.3. The summed E-state index contributed by atoms with van der Waals surface area (Å²) in [7, 11) is 0. The number of nitrogens with one attached hydrogen (secondary N) is 2. The monoisotopic (exact) mass is 672 g/mol. The molecule has 5 heteroatoms. The van der Waals surface area contributed by atoms with Gasteiger partial charge >= 0.3 is 0 Å². The summed E-state index contributed by atoms with van der Waals surface area (Å²) in [5, 5.41) is 14.4. The minimum absolute atomic E-state index is 0.149. The van der Waals surface area contributed by atoms with E-state index < -0.39 is 0 Å². The lowest BCUT2D eigenvalue weighted by Gasteiger charge is -2.33. The van der Waals surface area contributed by atoms with E-state index in [1.165, 1.54) is 16.2 Å². The molecule has 52 heavy (non-hydrogen) atoms. The zero-order chi connectivity index (χ0) is 34.4. The average Bonchev–Trinajstić information content (AvgIpc) is 3.58. The topological polar surface area (TPSA) is 52.8 Å². The van der Waals surface area contributed by atoms with Gasteiger partial charge in [0.15, 0.2) is 5.58 Å². The average molecular weight is 673 g/mol. The standard InChI is InChI=1S/C47H36N4O/c1-4-15-32(16-5-1)45-48-46(33-17-6-2-7-18-33)50-47(49-45)37-28-41-40-27-35-20-12-13-21-36(35)30-43(40)52-44(41)42(29-37)51(38-22-8-3-9-23-38)39-25-24-31-14-10-11-19-34(31)26-39/h1-2,4-8,10-30,45-46,48H,3,9H2,(H,49,50). The van der Waals surface area contributed by atoms with Crippen LogP contribution in [0.5, 0.6) is 0 Å². The third-order valence-corrected chi connectivity index (χ3v) is 10.3. The van der Waals surface area contributed by atoms with Gasteiger partial charge in [0.2, 0.25) is 0 Å². The first kappa shape index (κ1) is 30.4. The maximum Gasteiger partial charge on any atom is 0.159 e. The van der Waals surface area contributed by atoms with Gasteiger partial charge in [-0.15, -0.1) is 0 Å². The smallest absolute Gasteiger partial charge is 0.159 e. The van der Waals surface area contributed by atoms with Gasteiger partial charge in [0.1, 0.15) is 23.8 Å². The van der Waals surface area contributed by atoms with Crippen LogP contribution in [0.3, 0.4) is 0 Å². The zero-order valence-corrected chi connectivity index (χ0v) is 28.5. The van der Waals surface area contributed by atoms with Crippen LogP contribution >= 0.6 is 0 Å². The zero-order valence-electron chi connectivity index (χ0n) is 28.5. The van der Waals surface area contributed by atoms with Crippen LogP contribution in [-0.2, 0) is 0 Å². The number of amidine groups is 1. The second kappa shape index (κ2) is 12.7. The van der Waals surface area contributed by atoms with Crippen molar-refractivity contribution >= 4 is 60.7 Å². The quantitative estimate of drug-likeness (QED) is 0.185. The van der Waals surface area contributed by atoms with Crippen LogP contribution in [0.15, 0.2) is 185 Å². The largest absolute Gasteiger partial charge is 0.454 e. The molecule has 2 aliphatic rings. The van der Waals surface area contributed by atoms with E-state index in [1.54, 1.807) is 0 Å². The molecule has 2 heterocycles. The van der Waals surface area contributed by atoms with Gasteiger partial charge in [-0.3, -0.25) is 5.32 Å². The minimum Gasteiger partial charge on any atom is -0.454 e. The van der Waals surface area contributed by atoms with E-state index in [-0.39, 0.29) is 12.3 Å². The first-order valence-electron chi connectivity index (χ1n) is 18.0. The lowest BCUT2D eigenvalue weighted by molar-refractivity contribution is 0.409. The summed E-state index contributed by atoms with van der Waals surface area (Å²) in [4.78, 5) is 7.72. The maximum atomic E-state index is 6.93. The number of benzene rings is 7. The second-order valence-electron chi connectivity index (χ2n) is 13.6. The van der Waals surface area contributed by atoms with Gasteiger partial charge < -0.3 is 14.6 Å². The van der Waals surface area contributed by atoms with Crippen molar-refractivity contribution in [2.24, 2.45) is 4.99 Å². The van der Waals surface area contributed by atoms with Crippen LogP contribution in [0.1, 0.15) is 41.9 Å². The van der Waals surface area contributed by atoms with E-state index in [0.717, 1.165) is 79.8 Å². The van der Waals surface area contributed by atoms with Crippen molar-refractivity contribution in [1.82, 2.24) is 10.6 Å². The van der Waals surface area contributed by atoms with Gasteiger partial charge in [-0.05, 0) is 88.0 Å². The number of rotatable bonds is 6. The summed E-state index contributed by atoms with van der Waals surface area (Å²) in [5.74, 6) is 0.825. The molecule has 0 amide bonds. The molecule has 1 aliphatic heterocycles. The molecular formula is C47H36N4O. The molecule has 7 aromatic carbocycles. The van der Waals surface area contributed by atoms with E-state index in [0.29, 0.717) is 0 Å². The lowest BCUT2D eigenvalue weighted by atomic mass is 10.0. The van der Waals surface area contributed by atoms with E-state index in [4.69, 9.17) is 9.41 Å². The molecule has 2 N–H and O–H groups in total. The Kier molecular flexibility index (Phi) is 7.43. The molecule has 0 saturated carbocycles. The Bertz CT molecular complexity index is 2710. The Labute approximate surface area is 302 Å². The number of hydrogen-bond acceptors (Lipinski definition) is 5. The van der Waals surface area contributed by atoms with E-state index >= 15 is 0 Å². The Balaban J connectivity index is 1.24. The van der Waals surface area contributed by atoms with Crippen molar-refractivity contribution in [2.45, 2.75) is 25.2 Å². The third kappa shape index (κ3) is 5.43. The molecule has 2 atom stereocenters. The number of hydrogen-bond donors (Lipinski definition) is 2. The molecule has 5 nitrogen and oxygen atoms in total. The van der Waals surface area contributed by atoms with Gasteiger partial charge in [-0.2, -0.15) is 0 Å². The summed E-state index contributed by atoms with van der Waals surface area (Å²) in [5.41, 5.74) is 8.12. The minimum atomic E-state index is -0.243. The molecule has 0 bridgehead atoms. The number of nitrogens with zero attached hydrogens (tertiary/aromatic N) is 2. The fourth-order valence-corrected chi connectivity index (χ4v) is 7.69. The number of aliphatic imine (C=N–C) groups is 1. The number of fused-ring (bicyclic) bond motifs is 5. The summed E-state index contributed by atoms with van der Waals surface area (Å²) < 4.78 is 6.93. The Morgan fingerprint density at radius 3 is 2.06 bits per heavy atom. The molecule has 8 aromatic rings. The van der Waals surface area contributed by atoms with Gasteiger partial charge in [0, 0.05) is 27.7 Å². The number of anilines is 2. The molecular weight excluding hydrogens is 637 g/mol. The van der Waals surface area contributed by atoms with Crippen LogP contribution in [0.25, 0.3) is 43.5 Å². The normalized spacial score (nSPS) is 17.3. The van der Waals surface area contributed by atoms with Gasteiger partial charge in [-0.1, -0.05) is 127 Å². The van der Waals surface area contributed by atoms with Crippen molar-refractivity contribution in [1.29, 1.82) is 0 Å². The van der Waals surface area contributed by atoms with Crippen LogP contribution < -0.4 is 15.5 Å². The Morgan fingerprint density at radius 1 is 0.615 bits per heavy atom. The third-order valence-electron chi connectivity index (χ3n) is 10.3. The molecule has 2 unspecified atom stereocenters. The molecule has 0 saturated heterocycles. The Hall–Kier alpha value is -6.43. The lowest BCUT2D eigenvalue weighted by Crippen LogP contribution is -2.45. The van der Waals surface area contributed by atoms with E-state index in [9.17, 15) is 0 Å². The first-order valence-corrected chi connectivity index (χ1v) is 18.0. The van der Waals surface area contributed by atoms with Gasteiger partial charge in [0.05, 0.1) is 5.69 Å². The van der Waals surface area contributed by atoms with Crippen molar-refractivity contribution in [3.05, 3.63) is 192 Å². The van der Waals surface area contributed by atoms with E-state index in [2.05, 4.69) is 179 Å². The molecule has 250 valence electrons. The SMILES string of the molecule is C1=CC(N(c2ccc3ccccc3c2)c2cc(C3=NC(c4ccccc4)NC(c4ccccc4)N3)cc3c2oc2cc4ccccc4cc23)=CCC1. The van der Waals surface area contributed by atoms with Gasteiger partial charge in [-0.25, -0.2) is 4.99 Å². The number of furan rings is 1. The summed E-state index contributed by atoms with van der Waals surface area (Å²) in [6.45, 7) is 0. The molecule has 0 radical (unpaired) electrons. The predicted molar refractivity (Wildman–Crippen MR) is 215 cm³/mol. The van der Waals surface area contributed by atoms with Crippen molar-refractivity contribution < 1.29 is 4.42 Å². The summed E-state index contributed by atoms with van der Waals surface area (Å²) >= 11 is 0. The Morgan fingerprint density at radius 2 is 1.31 bits per heavy atom.